The number of alkyl halides is 3. The molecule has 0 spiro atoms. The molecule has 29 heteroatoms. The van der Waals surface area contributed by atoms with E-state index in [4.69, 9.17) is 53.7 Å². The van der Waals surface area contributed by atoms with Crippen LogP contribution in [0, 0.1) is 69.2 Å². The topological polar surface area (TPSA) is 367 Å². The Morgan fingerprint density at radius 2 is 0.596 bits per heavy atom. The number of aromatic carboxylic acids is 1. The summed E-state index contributed by atoms with van der Waals surface area (Å²) in [7, 11) is 0.198. The summed E-state index contributed by atoms with van der Waals surface area (Å²) in [6, 6.07) is 36.0. The highest BCUT2D eigenvalue weighted by Crippen LogP contribution is 2.44. The van der Waals surface area contributed by atoms with Gasteiger partial charge in [-0.2, -0.15) is 21.6 Å². The van der Waals surface area contributed by atoms with Crippen LogP contribution in [-0.2, 0) is 70.8 Å². The fraction of sp³-hybridized carbons (Fsp3) is 0.479. The maximum Gasteiger partial charge on any atom is 0.534 e. The highest BCUT2D eigenvalue weighted by Gasteiger charge is 2.49. The lowest BCUT2D eigenvalue weighted by Crippen LogP contribution is -2.28. The quantitative estimate of drug-likeness (QED) is 0.00838. The van der Waals surface area contributed by atoms with Crippen molar-refractivity contribution in [2.45, 2.75) is 323 Å². The second-order valence-electron chi connectivity index (χ2n) is 39.6. The lowest BCUT2D eigenvalue weighted by molar-refractivity contribution is -0.140. The number of aromatic nitrogens is 5. The largest absolute Gasteiger partial charge is 0.534 e. The molecular weight excluding hydrogens is 1880 g/mol. The van der Waals surface area contributed by atoms with Gasteiger partial charge in [-0.25, -0.2) is 9.59 Å². The van der Waals surface area contributed by atoms with Crippen molar-refractivity contribution < 1.29 is 108 Å². The van der Waals surface area contributed by atoms with Crippen molar-refractivity contribution in [1.29, 1.82) is 0 Å². The molecule has 5 aliphatic rings. The van der Waals surface area contributed by atoms with Gasteiger partial charge in [-0.05, 0) is 338 Å². The molecule has 5 fully saturated rings. The SMILES string of the molecule is COC(=O)CCC(=O)c1cc(C)c(Cc2ccc(O)c(C3CCCCC3)n2)c(C)c1.COCOc1ccc(Cc2c(C)cc(C(=O)OC)cc2C)nc1C1CCCCC1.COCOc1ccc(Cc2c(C)cc(OS(=O)(=O)C(F)(F)F)cc2C)nc1C1CCCCC1.Cc1cc(C(=O)CCC(=O)O)cc(C)c1Cc1ccc(O)c(C2CCCCC2)n1.Cc1cc(C(=O)O)cc(C)c1Cc1ccc(O)c(C2CCCCC2)n1. The molecular formula is C117H144F3N5O20S. The van der Waals surface area contributed by atoms with Crippen LogP contribution in [0.15, 0.2) is 121 Å². The standard InChI is InChI=1S/C25H31NO4.C24H31NO4.C24H29NO4.C23H28F3NO5S.C21H25NO3/c1-16-13-19(22(27)11-12-24(29)30-3)14-17(2)21(16)15-20-9-10-23(28)25(26-20)18-7-5-4-6-8-18;1-16-12-19(24(26)28-4)13-17(2)21(16)14-20-10-11-22(29-15-27-3)23(25-20)18-8-6-5-7-9-18;1-15-12-18(21(26)10-11-23(28)29)13-16(2)20(15)14-19-8-9-22(27)24(25-19)17-6-4-3-5-7-17;1-15-11-19(32-33(28,29)23(24,25)26)12-16(2)20(15)13-18-9-10-21(31-14-30-3)22(27-18)17-7-5-4-6-8-17;1-13-10-16(21(24)25)11-14(2)18(13)12-17-8-9-19(23)20(22-17)15-6-4-3-5-7-15/h9-10,13-14,18,28H,4-8,11-12,15H2,1-3H3;10-13,18H,5-9,14-15H2,1-4H3;8-9,12-13,17,27H,3-7,10-11,14H2,1-2H3,(H,28,29);9-12,17H,4-8,13-14H2,1-3H3;8-11,15,23H,3-7,12H2,1-2H3,(H,24,25). The van der Waals surface area contributed by atoms with Gasteiger partial charge in [-0.1, -0.05) is 96.3 Å². The Hall–Kier alpha value is -12.5. The number of halogens is 3. The summed E-state index contributed by atoms with van der Waals surface area (Å²) < 4.78 is 96.1. The number of pyridine rings is 5. The zero-order valence-electron chi connectivity index (χ0n) is 87.0. The summed E-state index contributed by atoms with van der Waals surface area (Å²) in [4.78, 5) is 94.1. The third-order valence-electron chi connectivity index (χ3n) is 28.8. The highest BCUT2D eigenvalue weighted by molar-refractivity contribution is 7.88. The van der Waals surface area contributed by atoms with Crippen LogP contribution in [0.4, 0.5) is 13.2 Å². The summed E-state index contributed by atoms with van der Waals surface area (Å²) in [5.74, 6) is 1.06. The Balaban J connectivity index is 0.000000174. The van der Waals surface area contributed by atoms with E-state index >= 15 is 0 Å². The van der Waals surface area contributed by atoms with Crippen LogP contribution < -0.4 is 13.7 Å². The maximum absolute atomic E-state index is 12.6. The first-order valence-corrected chi connectivity index (χ1v) is 52.6. The molecule has 0 saturated heterocycles. The molecule has 0 atom stereocenters. The summed E-state index contributed by atoms with van der Waals surface area (Å²) >= 11 is 0. The van der Waals surface area contributed by atoms with Crippen molar-refractivity contribution >= 4 is 45.6 Å². The van der Waals surface area contributed by atoms with Crippen LogP contribution in [0.3, 0.4) is 0 Å². The van der Waals surface area contributed by atoms with Gasteiger partial charge in [0, 0.05) is 128 Å². The van der Waals surface area contributed by atoms with E-state index in [9.17, 15) is 70.8 Å². The number of carbonyl (C=O) groups is 6. The molecule has 0 bridgehead atoms. The molecule has 25 nitrogen and oxygen atoms in total. The normalized spacial score (nSPS) is 14.9. The molecule has 0 unspecified atom stereocenters. The number of carboxylic acids is 2. The van der Waals surface area contributed by atoms with Gasteiger partial charge in [-0.15, -0.1) is 0 Å². The van der Waals surface area contributed by atoms with E-state index in [0.29, 0.717) is 106 Å². The summed E-state index contributed by atoms with van der Waals surface area (Å²) in [5, 5.41) is 48.8. The van der Waals surface area contributed by atoms with Crippen molar-refractivity contribution in [3.63, 3.8) is 0 Å². The number of aliphatic carboxylic acids is 1. The fourth-order valence-corrected chi connectivity index (χ4v) is 21.3. The Morgan fingerprint density at radius 1 is 0.336 bits per heavy atom. The Labute approximate surface area is 857 Å². The van der Waals surface area contributed by atoms with E-state index in [2.05, 4.69) is 8.92 Å². The van der Waals surface area contributed by atoms with Crippen molar-refractivity contribution in [3.8, 4) is 34.5 Å². The molecule has 0 radical (unpaired) electrons. The molecule has 10 aromatic rings. The number of ketones is 2. The number of methoxy groups -OCH3 is 4. The van der Waals surface area contributed by atoms with Crippen LogP contribution >= 0.6 is 0 Å². The van der Waals surface area contributed by atoms with E-state index in [1.165, 1.54) is 115 Å². The van der Waals surface area contributed by atoms with Crippen LogP contribution in [0.5, 0.6) is 34.5 Å². The van der Waals surface area contributed by atoms with E-state index in [1.807, 2.05) is 134 Å². The minimum atomic E-state index is -5.72. The third-order valence-corrected chi connectivity index (χ3v) is 29.8. The molecule has 5 heterocycles. The molecule has 5 saturated carbocycles. The number of hydrogen-bond donors (Lipinski definition) is 5. The lowest BCUT2D eigenvalue weighted by atomic mass is 9.86. The van der Waals surface area contributed by atoms with Gasteiger partial charge in [0.15, 0.2) is 25.2 Å². The minimum absolute atomic E-state index is 0.0117. The monoisotopic (exact) mass is 2030 g/mol. The predicted molar refractivity (Wildman–Crippen MR) is 555 cm³/mol. The van der Waals surface area contributed by atoms with E-state index < -0.39 is 27.6 Å². The number of hydrogen-bond acceptors (Lipinski definition) is 23. The van der Waals surface area contributed by atoms with Gasteiger partial charge in [0.25, 0.3) is 0 Å². The average Bonchev–Trinajstić information content (AvgIpc) is 0.821. The number of carboxylic acid groups (broad SMARTS) is 2. The Bertz CT molecular complexity index is 6210. The van der Waals surface area contributed by atoms with Crippen molar-refractivity contribution in [3.05, 3.63) is 284 Å². The van der Waals surface area contributed by atoms with Crippen LogP contribution in [-0.4, -0.2) is 142 Å². The number of ether oxygens (including phenoxy) is 6. The number of rotatable bonds is 33. The van der Waals surface area contributed by atoms with Crippen molar-refractivity contribution in [1.82, 2.24) is 24.9 Å². The maximum atomic E-state index is 12.6. The van der Waals surface area contributed by atoms with Gasteiger partial charge in [-0.3, -0.25) is 44.1 Å². The number of aryl methyl sites for hydroxylation is 10. The fourth-order valence-electron chi connectivity index (χ4n) is 20.8. The lowest BCUT2D eigenvalue weighted by Gasteiger charge is -2.24. The molecule has 784 valence electrons. The molecule has 5 aromatic heterocycles. The zero-order chi connectivity index (χ0) is 106. The number of nitrogens with zero attached hydrogens (tertiary/aromatic N) is 5. The molecule has 0 amide bonds. The third kappa shape index (κ3) is 32.0. The van der Waals surface area contributed by atoms with E-state index in [-0.39, 0.29) is 74.3 Å². The molecule has 5 N–H and O–H groups in total. The van der Waals surface area contributed by atoms with Crippen LogP contribution in [0.1, 0.15) is 398 Å². The molecule has 146 heavy (non-hydrogen) atoms. The van der Waals surface area contributed by atoms with Gasteiger partial charge in [0.2, 0.25) is 0 Å². The first-order chi connectivity index (χ1) is 69.7. The number of aromatic hydroxyl groups is 3. The molecule has 5 aliphatic carbocycles. The Morgan fingerprint density at radius 3 is 0.863 bits per heavy atom. The number of Topliss-reactive ketones (excluding diaryl/α,β-unsaturated/α-hetero) is 2. The molecule has 5 aromatic carbocycles. The highest BCUT2D eigenvalue weighted by atomic mass is 32.2. The zero-order valence-corrected chi connectivity index (χ0v) is 87.8. The smallest absolute Gasteiger partial charge is 0.506 e. The van der Waals surface area contributed by atoms with Crippen LogP contribution in [0.2, 0.25) is 0 Å². The minimum Gasteiger partial charge on any atom is -0.506 e. The Kier molecular flexibility index (Phi) is 42.3. The summed E-state index contributed by atoms with van der Waals surface area (Å²) in [5.41, 5.74) is 20.4. The second kappa shape index (κ2) is 54.3. The predicted octanol–water partition coefficient (Wildman–Crippen LogP) is 25.7. The van der Waals surface area contributed by atoms with Gasteiger partial charge >= 0.3 is 39.5 Å². The number of carbonyl (C=O) groups excluding carboxylic acids is 4. The van der Waals surface area contributed by atoms with Crippen molar-refractivity contribution in [2.75, 3.05) is 42.0 Å². The average molecular weight is 2030 g/mol. The van der Waals surface area contributed by atoms with Gasteiger partial charge < -0.3 is 58.1 Å². The summed E-state index contributed by atoms with van der Waals surface area (Å²) in [6.07, 6.45) is 32.4. The number of esters is 2. The van der Waals surface area contributed by atoms with Gasteiger partial charge in [0.1, 0.15) is 34.5 Å². The molecule has 15 rings (SSSR count). The van der Waals surface area contributed by atoms with E-state index in [1.54, 1.807) is 58.4 Å². The van der Waals surface area contributed by atoms with Crippen LogP contribution in [0.25, 0.3) is 0 Å². The molecule has 0 aliphatic heterocycles. The van der Waals surface area contributed by atoms with Gasteiger partial charge in [0.05, 0.1) is 66.7 Å². The summed E-state index contributed by atoms with van der Waals surface area (Å²) in [6.45, 7) is 19.7. The van der Waals surface area contributed by atoms with E-state index in [0.717, 1.165) is 213 Å². The van der Waals surface area contributed by atoms with Crippen molar-refractivity contribution in [2.24, 2.45) is 0 Å². The number of benzene rings is 5. The second-order valence-corrected chi connectivity index (χ2v) is 41.2. The first kappa shape index (κ1) is 114. The first-order valence-electron chi connectivity index (χ1n) is 51.2.